The zero-order chi connectivity index (χ0) is 27.6. The Morgan fingerprint density at radius 3 is 2.60 bits per heavy atom. The van der Waals surface area contributed by atoms with Crippen LogP contribution in [-0.4, -0.2) is 33.0 Å². The Labute approximate surface area is 229 Å². The van der Waals surface area contributed by atoms with Crippen molar-refractivity contribution in [2.45, 2.75) is 32.4 Å². The molecule has 0 saturated carbocycles. The van der Waals surface area contributed by atoms with Gasteiger partial charge in [-0.1, -0.05) is 0 Å². The van der Waals surface area contributed by atoms with Crippen molar-refractivity contribution in [1.82, 2.24) is 19.7 Å². The molecule has 2 N–H and O–H groups in total. The third-order valence-electron chi connectivity index (χ3n) is 6.84. The fourth-order valence-electron chi connectivity index (χ4n) is 4.73. The summed E-state index contributed by atoms with van der Waals surface area (Å²) in [4.78, 5) is 8.66. The molecule has 40 heavy (non-hydrogen) atoms. The molecule has 3 aromatic heterocycles. The van der Waals surface area contributed by atoms with Crippen molar-refractivity contribution in [3.05, 3.63) is 89.4 Å². The summed E-state index contributed by atoms with van der Waals surface area (Å²) in [7, 11) is 0. The van der Waals surface area contributed by atoms with E-state index in [1.54, 1.807) is 37.3 Å². The van der Waals surface area contributed by atoms with Crippen LogP contribution in [0, 0.1) is 17.9 Å². The Morgan fingerprint density at radius 1 is 1.05 bits per heavy atom. The first-order valence-electron chi connectivity index (χ1n) is 12.9. The van der Waals surface area contributed by atoms with E-state index in [9.17, 15) is 9.60 Å². The van der Waals surface area contributed by atoms with Crippen LogP contribution < -0.4 is 19.9 Å². The minimum atomic E-state index is -0.507. The molecule has 0 bridgehead atoms. The lowest BCUT2D eigenvalue weighted by atomic mass is 10.1. The second-order valence-electron chi connectivity index (χ2n) is 9.64. The second-order valence-corrected chi connectivity index (χ2v) is 9.64. The molecule has 1 saturated heterocycles. The zero-order valence-electron chi connectivity index (χ0n) is 21.8. The van der Waals surface area contributed by atoms with Crippen molar-refractivity contribution in [2.75, 3.05) is 18.9 Å². The van der Waals surface area contributed by atoms with Crippen LogP contribution in [0.1, 0.15) is 30.1 Å². The van der Waals surface area contributed by atoms with Crippen molar-refractivity contribution < 1.29 is 23.3 Å². The maximum atomic E-state index is 14.3. The van der Waals surface area contributed by atoms with Crippen molar-refractivity contribution in [3.63, 3.8) is 0 Å². The molecule has 0 aliphatic carbocycles. The molecule has 204 valence electrons. The van der Waals surface area contributed by atoms with E-state index < -0.39 is 5.82 Å². The van der Waals surface area contributed by atoms with Gasteiger partial charge in [0.25, 0.3) is 0 Å². The molecule has 4 heterocycles. The van der Waals surface area contributed by atoms with Crippen LogP contribution in [0.2, 0.25) is 0 Å². The summed E-state index contributed by atoms with van der Waals surface area (Å²) in [5, 5.41) is 17.4. The lowest BCUT2D eigenvalue weighted by Crippen LogP contribution is -2.30. The Bertz CT molecular complexity index is 1670. The predicted molar refractivity (Wildman–Crippen MR) is 145 cm³/mol. The van der Waals surface area contributed by atoms with Crippen LogP contribution in [-0.2, 0) is 11.3 Å². The van der Waals surface area contributed by atoms with Gasteiger partial charge in [-0.2, -0.15) is 9.83 Å². The summed E-state index contributed by atoms with van der Waals surface area (Å²) in [5.74, 6) is 0.917. The Balaban J connectivity index is 1.22. The van der Waals surface area contributed by atoms with Gasteiger partial charge in [0.05, 0.1) is 17.0 Å². The van der Waals surface area contributed by atoms with Crippen LogP contribution >= 0.6 is 0 Å². The molecular formula is C29H27FN6O4. The van der Waals surface area contributed by atoms with Gasteiger partial charge < -0.3 is 25.2 Å². The number of fused-ring (bicyclic) bond motifs is 1. The van der Waals surface area contributed by atoms with Gasteiger partial charge in [-0.05, 0) is 43.2 Å². The summed E-state index contributed by atoms with van der Waals surface area (Å²) < 4.78 is 34.2. The molecule has 0 unspecified atom stereocenters. The molecule has 5 aromatic rings. The maximum Gasteiger partial charge on any atom is 0.189 e. The molecule has 11 heteroatoms. The molecule has 1 aliphatic rings. The Kier molecular flexibility index (Phi) is 6.87. The predicted octanol–water partition coefficient (Wildman–Crippen LogP) is 4.88. The highest BCUT2D eigenvalue weighted by Gasteiger charge is 2.24. The molecule has 10 nitrogen and oxygen atoms in total. The van der Waals surface area contributed by atoms with Crippen molar-refractivity contribution in [1.29, 1.82) is 0 Å². The number of nitrogens with two attached hydrogens (primary N) is 1. The molecule has 0 amide bonds. The molecule has 0 atom stereocenters. The average molecular weight is 543 g/mol. The molecular weight excluding hydrogens is 515 g/mol. The molecule has 0 radical (unpaired) electrons. The van der Waals surface area contributed by atoms with Crippen molar-refractivity contribution in [3.8, 4) is 28.5 Å². The average Bonchev–Trinajstić information content (AvgIpc) is 3.35. The van der Waals surface area contributed by atoms with E-state index in [1.165, 1.54) is 24.7 Å². The van der Waals surface area contributed by atoms with Crippen molar-refractivity contribution in [2.24, 2.45) is 0 Å². The smallest absolute Gasteiger partial charge is 0.189 e. The van der Waals surface area contributed by atoms with Gasteiger partial charge in [0, 0.05) is 50.0 Å². The molecule has 1 fully saturated rings. The number of nitrogens with zero attached hydrogens (tertiary/aromatic N) is 5. The van der Waals surface area contributed by atoms with E-state index >= 15 is 0 Å². The second kappa shape index (κ2) is 10.8. The summed E-state index contributed by atoms with van der Waals surface area (Å²) in [5.41, 5.74) is 9.70. The van der Waals surface area contributed by atoms with Gasteiger partial charge >= 0.3 is 0 Å². The van der Waals surface area contributed by atoms with E-state index in [0.717, 1.165) is 23.1 Å². The number of pyridine rings is 1. The topological polar surface area (TPSA) is 124 Å². The highest BCUT2D eigenvalue weighted by Crippen LogP contribution is 2.35. The molecule has 0 spiro atoms. The van der Waals surface area contributed by atoms with Crippen molar-refractivity contribution >= 4 is 16.9 Å². The number of rotatable bonds is 7. The Hall–Kier alpha value is -4.77. The monoisotopic (exact) mass is 542 g/mol. The van der Waals surface area contributed by atoms with Crippen LogP contribution in [0.3, 0.4) is 0 Å². The number of ether oxygens (including phenoxy) is 3. The van der Waals surface area contributed by atoms with Crippen LogP contribution in [0.15, 0.2) is 67.1 Å². The SMILES string of the molecule is Cc1ccc(COc2cc(F)cc(Oc3ccc(-c4nn(C5CCOCC5)c5ncnc(N)c45)cc3)c2)c[n+]1[O-]. The van der Waals surface area contributed by atoms with E-state index in [2.05, 4.69) is 9.97 Å². The van der Waals surface area contributed by atoms with Crippen LogP contribution in [0.4, 0.5) is 10.2 Å². The standard InChI is InChI=1S/C29H27FN6O4/c1-18-2-3-19(15-35(18)37)16-39-24-12-21(30)13-25(14-24)40-23-6-4-20(5-7-23)27-26-28(31)32-17-33-29(26)36(34-27)22-8-10-38-11-9-22/h2-7,12-15,17,22H,8-11,16H2,1H3,(H2,31,32,33). The van der Waals surface area contributed by atoms with E-state index in [4.69, 9.17) is 25.0 Å². The first-order valence-corrected chi connectivity index (χ1v) is 12.9. The molecule has 1 aliphatic heterocycles. The number of aromatic nitrogens is 5. The highest BCUT2D eigenvalue weighted by molar-refractivity contribution is 5.98. The molecule has 2 aromatic carbocycles. The lowest BCUT2D eigenvalue weighted by Gasteiger charge is -2.22. The zero-order valence-corrected chi connectivity index (χ0v) is 21.8. The number of nitrogen functional groups attached to an aromatic ring is 1. The maximum absolute atomic E-state index is 14.3. The normalized spacial score (nSPS) is 13.9. The van der Waals surface area contributed by atoms with Crippen LogP contribution in [0.5, 0.6) is 17.2 Å². The molecule has 6 rings (SSSR count). The number of benzene rings is 2. The van der Waals surface area contributed by atoms with Gasteiger partial charge in [0.2, 0.25) is 0 Å². The van der Waals surface area contributed by atoms with Gasteiger partial charge in [0.15, 0.2) is 17.5 Å². The fraction of sp³-hybridized carbons (Fsp3) is 0.241. The summed E-state index contributed by atoms with van der Waals surface area (Å²) in [6.07, 6.45) is 4.57. The summed E-state index contributed by atoms with van der Waals surface area (Å²) >= 11 is 0. The third-order valence-corrected chi connectivity index (χ3v) is 6.84. The minimum absolute atomic E-state index is 0.113. The number of halogens is 1. The van der Waals surface area contributed by atoms with Gasteiger partial charge in [-0.15, -0.1) is 0 Å². The van der Waals surface area contributed by atoms with E-state index in [0.29, 0.717) is 52.8 Å². The quantitative estimate of drug-likeness (QED) is 0.228. The minimum Gasteiger partial charge on any atom is -0.618 e. The van der Waals surface area contributed by atoms with E-state index in [1.807, 2.05) is 16.8 Å². The summed E-state index contributed by atoms with van der Waals surface area (Å²) in [6.45, 7) is 3.17. The number of hydrogen-bond acceptors (Lipinski definition) is 8. The highest BCUT2D eigenvalue weighted by atomic mass is 19.1. The number of aryl methyl sites for hydroxylation is 1. The van der Waals surface area contributed by atoms with Gasteiger partial charge in [0.1, 0.15) is 47.5 Å². The van der Waals surface area contributed by atoms with Gasteiger partial charge in [-0.25, -0.2) is 19.0 Å². The van der Waals surface area contributed by atoms with E-state index in [-0.39, 0.29) is 24.1 Å². The number of hydrogen-bond donors (Lipinski definition) is 1. The fourth-order valence-corrected chi connectivity index (χ4v) is 4.73. The van der Waals surface area contributed by atoms with Crippen LogP contribution in [0.25, 0.3) is 22.3 Å². The Morgan fingerprint density at radius 2 is 1.82 bits per heavy atom. The first-order chi connectivity index (χ1) is 19.4. The van der Waals surface area contributed by atoms with Gasteiger partial charge in [-0.3, -0.25) is 0 Å². The third kappa shape index (κ3) is 5.23. The summed E-state index contributed by atoms with van der Waals surface area (Å²) in [6, 6.07) is 15.1. The lowest BCUT2D eigenvalue weighted by molar-refractivity contribution is -0.612. The number of anilines is 1. The largest absolute Gasteiger partial charge is 0.618 e. The first kappa shape index (κ1) is 25.5.